The summed E-state index contributed by atoms with van der Waals surface area (Å²) in [7, 11) is 1.72. The SMILES string of the molecule is CN1CC(NC(=O)CCc2ccc(C(=O)O)cc2)CC1=O. The lowest BCUT2D eigenvalue weighted by molar-refractivity contribution is -0.126. The molecule has 0 aliphatic carbocycles. The van der Waals surface area contributed by atoms with Crippen LogP contribution in [0.5, 0.6) is 0 Å². The summed E-state index contributed by atoms with van der Waals surface area (Å²) in [5.41, 5.74) is 1.14. The smallest absolute Gasteiger partial charge is 0.335 e. The highest BCUT2D eigenvalue weighted by Gasteiger charge is 2.27. The van der Waals surface area contributed by atoms with E-state index in [9.17, 15) is 14.4 Å². The Bertz CT molecular complexity index is 553. The average Bonchev–Trinajstić information content (AvgIpc) is 2.75. The van der Waals surface area contributed by atoms with Gasteiger partial charge >= 0.3 is 5.97 Å². The number of amides is 2. The van der Waals surface area contributed by atoms with E-state index < -0.39 is 5.97 Å². The third-order valence-electron chi connectivity index (χ3n) is 3.55. The fourth-order valence-electron chi connectivity index (χ4n) is 2.33. The Morgan fingerprint density at radius 3 is 2.52 bits per heavy atom. The minimum Gasteiger partial charge on any atom is -0.478 e. The molecule has 1 aromatic rings. The molecule has 6 heteroatoms. The second-order valence-corrected chi connectivity index (χ2v) is 5.24. The average molecular weight is 290 g/mol. The van der Waals surface area contributed by atoms with Gasteiger partial charge in [-0.25, -0.2) is 4.79 Å². The zero-order chi connectivity index (χ0) is 15.4. The number of carbonyl (C=O) groups excluding carboxylic acids is 2. The highest BCUT2D eigenvalue weighted by molar-refractivity contribution is 5.87. The van der Waals surface area contributed by atoms with Gasteiger partial charge in [0.25, 0.3) is 0 Å². The van der Waals surface area contributed by atoms with Crippen LogP contribution in [0.2, 0.25) is 0 Å². The van der Waals surface area contributed by atoms with Crippen molar-refractivity contribution in [1.82, 2.24) is 10.2 Å². The van der Waals surface area contributed by atoms with E-state index in [-0.39, 0.29) is 23.4 Å². The predicted octanol–water partition coefficient (Wildman–Crippen LogP) is 0.664. The van der Waals surface area contributed by atoms with Crippen LogP contribution in [0.25, 0.3) is 0 Å². The first-order chi connectivity index (χ1) is 9.95. The summed E-state index contributed by atoms with van der Waals surface area (Å²) < 4.78 is 0. The molecule has 1 fully saturated rings. The van der Waals surface area contributed by atoms with Crippen LogP contribution in [0.1, 0.15) is 28.8 Å². The van der Waals surface area contributed by atoms with Crippen molar-refractivity contribution in [3.8, 4) is 0 Å². The molecule has 2 amide bonds. The lowest BCUT2D eigenvalue weighted by Gasteiger charge is -2.12. The number of likely N-dealkylation sites (N-methyl/N-ethyl adjacent to an activating group) is 1. The van der Waals surface area contributed by atoms with Crippen LogP contribution in [0.4, 0.5) is 0 Å². The van der Waals surface area contributed by atoms with Crippen LogP contribution in [-0.2, 0) is 16.0 Å². The van der Waals surface area contributed by atoms with Crippen molar-refractivity contribution in [2.45, 2.75) is 25.3 Å². The molecule has 1 heterocycles. The normalized spacial score (nSPS) is 17.9. The highest BCUT2D eigenvalue weighted by Crippen LogP contribution is 2.10. The monoisotopic (exact) mass is 290 g/mol. The van der Waals surface area contributed by atoms with Crippen molar-refractivity contribution in [3.63, 3.8) is 0 Å². The number of hydrogen-bond acceptors (Lipinski definition) is 3. The lowest BCUT2D eigenvalue weighted by atomic mass is 10.1. The zero-order valence-electron chi connectivity index (χ0n) is 11.8. The van der Waals surface area contributed by atoms with E-state index in [1.807, 2.05) is 0 Å². The van der Waals surface area contributed by atoms with E-state index in [1.54, 1.807) is 24.1 Å². The van der Waals surface area contributed by atoms with Crippen molar-refractivity contribution in [2.24, 2.45) is 0 Å². The van der Waals surface area contributed by atoms with Crippen LogP contribution in [-0.4, -0.2) is 47.4 Å². The van der Waals surface area contributed by atoms with E-state index in [1.165, 1.54) is 12.1 Å². The number of likely N-dealkylation sites (tertiary alicyclic amines) is 1. The summed E-state index contributed by atoms with van der Waals surface area (Å²) in [5.74, 6) is -1.01. The maximum absolute atomic E-state index is 11.8. The Hall–Kier alpha value is -2.37. The van der Waals surface area contributed by atoms with Gasteiger partial charge < -0.3 is 15.3 Å². The Kier molecular flexibility index (Phi) is 4.57. The van der Waals surface area contributed by atoms with Gasteiger partial charge in [-0.3, -0.25) is 9.59 Å². The first-order valence-electron chi connectivity index (χ1n) is 6.81. The quantitative estimate of drug-likeness (QED) is 0.834. The first-order valence-corrected chi connectivity index (χ1v) is 6.81. The molecule has 0 bridgehead atoms. The minimum atomic E-state index is -0.964. The van der Waals surface area contributed by atoms with Crippen molar-refractivity contribution in [2.75, 3.05) is 13.6 Å². The molecule has 0 aromatic heterocycles. The second kappa shape index (κ2) is 6.39. The number of carbonyl (C=O) groups is 3. The Balaban J connectivity index is 1.79. The third kappa shape index (κ3) is 4.05. The van der Waals surface area contributed by atoms with Gasteiger partial charge in [0.15, 0.2) is 0 Å². The van der Waals surface area contributed by atoms with Crippen molar-refractivity contribution >= 4 is 17.8 Å². The van der Waals surface area contributed by atoms with Gasteiger partial charge in [0, 0.05) is 26.4 Å². The number of carboxylic acids is 1. The molecule has 1 aliphatic heterocycles. The summed E-state index contributed by atoms with van der Waals surface area (Å²) >= 11 is 0. The third-order valence-corrected chi connectivity index (χ3v) is 3.55. The van der Waals surface area contributed by atoms with Gasteiger partial charge in [-0.1, -0.05) is 12.1 Å². The van der Waals surface area contributed by atoms with Crippen LogP contribution >= 0.6 is 0 Å². The molecule has 1 saturated heterocycles. The summed E-state index contributed by atoms with van der Waals surface area (Å²) in [5, 5.41) is 11.6. The van der Waals surface area contributed by atoms with E-state index >= 15 is 0 Å². The number of benzene rings is 1. The molecule has 0 saturated carbocycles. The zero-order valence-corrected chi connectivity index (χ0v) is 11.8. The van der Waals surface area contributed by atoms with Crippen molar-refractivity contribution < 1.29 is 19.5 Å². The standard InChI is InChI=1S/C15H18N2O4/c1-17-9-12(8-14(17)19)16-13(18)7-4-10-2-5-11(6-3-10)15(20)21/h2-3,5-6,12H,4,7-9H2,1H3,(H,16,18)(H,20,21). The molecule has 1 unspecified atom stereocenters. The van der Waals surface area contributed by atoms with Crippen molar-refractivity contribution in [1.29, 1.82) is 0 Å². The summed E-state index contributed by atoms with van der Waals surface area (Å²) in [6.45, 7) is 0.553. The molecule has 6 nitrogen and oxygen atoms in total. The molecule has 112 valence electrons. The molecular formula is C15H18N2O4. The van der Waals surface area contributed by atoms with Crippen LogP contribution in [0, 0.1) is 0 Å². The first kappa shape index (κ1) is 15.0. The number of aromatic carboxylic acids is 1. The Morgan fingerprint density at radius 1 is 1.33 bits per heavy atom. The maximum atomic E-state index is 11.8. The number of carboxylic acid groups (broad SMARTS) is 1. The van der Waals surface area contributed by atoms with Gasteiger partial charge in [-0.15, -0.1) is 0 Å². The summed E-state index contributed by atoms with van der Waals surface area (Å²) in [6.07, 6.45) is 1.22. The van der Waals surface area contributed by atoms with Gasteiger partial charge in [0.1, 0.15) is 0 Å². The lowest BCUT2D eigenvalue weighted by Crippen LogP contribution is -2.36. The fraction of sp³-hybridized carbons (Fsp3) is 0.400. The van der Waals surface area contributed by atoms with Gasteiger partial charge in [0.05, 0.1) is 11.6 Å². The van der Waals surface area contributed by atoms with E-state index in [4.69, 9.17) is 5.11 Å². The Morgan fingerprint density at radius 2 is 2.00 bits per heavy atom. The predicted molar refractivity (Wildman–Crippen MR) is 75.9 cm³/mol. The molecule has 0 radical (unpaired) electrons. The van der Waals surface area contributed by atoms with Crippen LogP contribution in [0.3, 0.4) is 0 Å². The van der Waals surface area contributed by atoms with E-state index in [2.05, 4.69) is 5.32 Å². The molecule has 2 rings (SSSR count). The molecule has 21 heavy (non-hydrogen) atoms. The van der Waals surface area contributed by atoms with Gasteiger partial charge in [-0.2, -0.15) is 0 Å². The number of rotatable bonds is 5. The van der Waals surface area contributed by atoms with Gasteiger partial charge in [-0.05, 0) is 24.1 Å². The largest absolute Gasteiger partial charge is 0.478 e. The molecular weight excluding hydrogens is 272 g/mol. The number of nitrogens with zero attached hydrogens (tertiary/aromatic N) is 1. The fourth-order valence-corrected chi connectivity index (χ4v) is 2.33. The number of nitrogens with one attached hydrogen (secondary N) is 1. The van der Waals surface area contributed by atoms with Crippen molar-refractivity contribution in [3.05, 3.63) is 35.4 Å². The molecule has 1 atom stereocenters. The maximum Gasteiger partial charge on any atom is 0.335 e. The van der Waals surface area contributed by atoms with Gasteiger partial charge in [0.2, 0.25) is 11.8 Å². The highest BCUT2D eigenvalue weighted by atomic mass is 16.4. The number of hydrogen-bond donors (Lipinski definition) is 2. The molecule has 1 aromatic carbocycles. The second-order valence-electron chi connectivity index (χ2n) is 5.24. The molecule has 1 aliphatic rings. The minimum absolute atomic E-state index is 0.0459. The number of aryl methyl sites for hydroxylation is 1. The van der Waals surface area contributed by atoms with E-state index in [0.717, 1.165) is 5.56 Å². The summed E-state index contributed by atoms with van der Waals surface area (Å²) in [6, 6.07) is 6.37. The Labute approximate surface area is 122 Å². The molecule has 2 N–H and O–H groups in total. The van der Waals surface area contributed by atoms with Crippen LogP contribution < -0.4 is 5.32 Å². The summed E-state index contributed by atoms with van der Waals surface area (Å²) in [4.78, 5) is 35.5. The topological polar surface area (TPSA) is 86.7 Å². The van der Waals surface area contributed by atoms with E-state index in [0.29, 0.717) is 25.8 Å². The van der Waals surface area contributed by atoms with Crippen LogP contribution in [0.15, 0.2) is 24.3 Å². The molecule has 0 spiro atoms.